The number of imidazole rings is 1. The van der Waals surface area contributed by atoms with Gasteiger partial charge in [0.1, 0.15) is 18.3 Å². The number of allylic oxidation sites excluding steroid dienone is 4. The lowest BCUT2D eigenvalue weighted by Gasteiger charge is -2.62. The maximum atomic E-state index is 16.9. The molecule has 1 unspecified atom stereocenters. The number of alkyl halides is 1. The molecule has 4 aromatic carbocycles. The van der Waals surface area contributed by atoms with Crippen LogP contribution in [-0.4, -0.2) is 85.5 Å². The second-order valence-corrected chi connectivity index (χ2v) is 23.1. The molecule has 3 N–H and O–H groups in total. The number of hydrogen-bond acceptors (Lipinski definition) is 8. The highest BCUT2D eigenvalue weighted by Crippen LogP contribution is 2.70. The van der Waals surface area contributed by atoms with Gasteiger partial charge in [-0.1, -0.05) is 150 Å². The molecule has 394 valence electrons. The molecule has 9 atom stereocenters. The summed E-state index contributed by atoms with van der Waals surface area (Å²) in [7, 11) is 2.22. The Morgan fingerprint density at radius 2 is 1.53 bits per heavy atom. The van der Waals surface area contributed by atoms with Crippen molar-refractivity contribution in [2.24, 2.45) is 28.6 Å². The summed E-state index contributed by atoms with van der Waals surface area (Å²) in [5, 5.41) is 34.2. The van der Waals surface area contributed by atoms with Gasteiger partial charge in [-0.05, 0) is 129 Å². The number of ketones is 2. The fourth-order valence-electron chi connectivity index (χ4n) is 13.3. The predicted molar refractivity (Wildman–Crippen MR) is 297 cm³/mol. The Morgan fingerprint density at radius 1 is 0.880 bits per heavy atom. The molecule has 0 radical (unpaired) electrons. The Morgan fingerprint density at radius 3 is 2.15 bits per heavy atom. The lowest BCUT2D eigenvalue weighted by molar-refractivity contribution is -0.219. The molecule has 4 fully saturated rings. The van der Waals surface area contributed by atoms with Crippen molar-refractivity contribution in [1.82, 2.24) is 14.5 Å². The van der Waals surface area contributed by atoms with E-state index in [1.165, 1.54) is 52.8 Å². The summed E-state index contributed by atoms with van der Waals surface area (Å²) in [4.78, 5) is 30.9. The number of halogens is 5. The first-order valence-electron chi connectivity index (χ1n) is 25.7. The van der Waals surface area contributed by atoms with E-state index in [-0.39, 0.29) is 30.8 Å². The number of benzene rings is 4. The molecule has 0 amide bonds. The molecule has 0 bridgehead atoms. The third kappa shape index (κ3) is 10.2. The topological polar surface area (TPSA) is 125 Å². The van der Waals surface area contributed by atoms with Gasteiger partial charge in [-0.15, -0.1) is 0 Å². The van der Waals surface area contributed by atoms with Crippen molar-refractivity contribution in [2.45, 2.75) is 95.9 Å². The van der Waals surface area contributed by atoms with E-state index >= 15 is 4.39 Å². The van der Waals surface area contributed by atoms with Crippen molar-refractivity contribution in [3.8, 4) is 0 Å². The smallest absolute Gasteiger partial charge is 0.190 e. The van der Waals surface area contributed by atoms with Crippen LogP contribution in [0.25, 0.3) is 17.7 Å². The van der Waals surface area contributed by atoms with Crippen LogP contribution in [0.5, 0.6) is 0 Å². The summed E-state index contributed by atoms with van der Waals surface area (Å²) in [6, 6.07) is 28.3. The zero-order valence-electron chi connectivity index (χ0n) is 42.7. The van der Waals surface area contributed by atoms with Gasteiger partial charge in [0.15, 0.2) is 17.2 Å². The first-order chi connectivity index (χ1) is 35.8. The second-order valence-electron chi connectivity index (χ2n) is 21.5. The molecular weight excluding hydrogens is 1030 g/mol. The number of rotatable bonds is 8. The molecule has 0 spiro atoms. The Balaban J connectivity index is 0.000000139. The molecule has 1 saturated heterocycles. The predicted octanol–water partition coefficient (Wildman–Crippen LogP) is 13.0. The molecule has 75 heavy (non-hydrogen) atoms. The summed E-state index contributed by atoms with van der Waals surface area (Å²) >= 11 is 24.8. The fraction of sp³-hybridized carbons (Fsp3) is 0.393. The number of aromatic nitrogens is 2. The van der Waals surface area contributed by atoms with Crippen LogP contribution in [0.2, 0.25) is 20.1 Å². The summed E-state index contributed by atoms with van der Waals surface area (Å²) in [6.07, 6.45) is 16.3. The van der Waals surface area contributed by atoms with Gasteiger partial charge in [-0.25, -0.2) is 9.37 Å². The monoisotopic (exact) mass is 1090 g/mol. The standard InChI is InChI=1S/C22H29FO5.C21H21N.C18H14Cl4N2O/c1-12-8-16-15-5-4-13-9-14(25)6-7-19(13,2)21(15,23)17(26)10-20(16,3)22(12,28)18(27)11-24;1-22-14-12-18(13-15-22)21-19-8-4-2-6-16(19)10-11-17-7-3-5-9-20(17)21;19-12-4-5-13(17(22)8-12)18(9-24-7-6-23-11-24)25-10-14-15(20)2-1-3-16(14)21/h6-7,9,12,15-17,24,26,28H,4-5,8,10-11H2,1-3H3;2-11H,12-15H2,1H3;1-8,11,18H,9-10H2/t12-,15-,16-,17-,19-,20-,21-,22-;;/m0../s1. The maximum Gasteiger partial charge on any atom is 0.190 e. The van der Waals surface area contributed by atoms with Crippen LogP contribution < -0.4 is 0 Å². The van der Waals surface area contributed by atoms with Crippen LogP contribution >= 0.6 is 46.4 Å². The van der Waals surface area contributed by atoms with E-state index in [1.807, 2.05) is 16.8 Å². The first-order valence-corrected chi connectivity index (χ1v) is 27.3. The Labute approximate surface area is 459 Å². The number of likely N-dealkylation sites (tertiary alicyclic amines) is 1. The highest BCUT2D eigenvalue weighted by atomic mass is 35.5. The van der Waals surface area contributed by atoms with Crippen LogP contribution in [0.3, 0.4) is 0 Å². The van der Waals surface area contributed by atoms with Gasteiger partial charge in [0, 0.05) is 73.4 Å². The summed E-state index contributed by atoms with van der Waals surface area (Å²) in [5.41, 5.74) is 4.95. The summed E-state index contributed by atoms with van der Waals surface area (Å²) in [6.45, 7) is 7.61. The van der Waals surface area contributed by atoms with E-state index in [4.69, 9.17) is 51.1 Å². The van der Waals surface area contributed by atoms with Crippen LogP contribution in [0.1, 0.15) is 98.8 Å². The first kappa shape index (κ1) is 55.0. The molecular formula is C61H64Cl4FN3O6. The SMILES string of the molecule is CN1CCC(=C2c3ccccc3C=Cc3ccccc32)CC1.C[C@H]1C[C@H]2[C@@H]3CCC4=CC(=O)C=C[C@]4(C)[C@@]3(F)[C@@H](O)C[C@]2(C)[C@@]1(O)C(=O)CO.Clc1ccc(C(Cn2ccnc2)OCc2c(Cl)cccc2Cl)c(Cl)c1. The van der Waals surface area contributed by atoms with Gasteiger partial charge in [-0.2, -0.15) is 0 Å². The van der Waals surface area contributed by atoms with Crippen LogP contribution in [0.4, 0.5) is 4.39 Å². The molecule has 5 aromatic rings. The Kier molecular flexibility index (Phi) is 16.4. The quantitative estimate of drug-likeness (QED) is 0.138. The van der Waals surface area contributed by atoms with Gasteiger partial charge >= 0.3 is 0 Å². The normalized spacial score (nSPS) is 29.0. The average molecular weight is 1100 g/mol. The minimum Gasteiger partial charge on any atom is -0.390 e. The van der Waals surface area contributed by atoms with E-state index in [0.29, 0.717) is 51.5 Å². The summed E-state index contributed by atoms with van der Waals surface area (Å²) < 4.78 is 24.9. The fourth-order valence-corrected chi connectivity index (χ4v) is 14.3. The lowest BCUT2D eigenvalue weighted by atomic mass is 9.44. The Bertz CT molecular complexity index is 3000. The summed E-state index contributed by atoms with van der Waals surface area (Å²) in [5.74, 6) is -2.12. The maximum absolute atomic E-state index is 16.9. The number of carbonyl (C=O) groups is 2. The number of aliphatic hydroxyl groups is 3. The zero-order chi connectivity index (χ0) is 53.5. The third-order valence-corrected chi connectivity index (χ3v) is 18.6. The molecule has 14 heteroatoms. The van der Waals surface area contributed by atoms with E-state index in [9.17, 15) is 24.9 Å². The molecule has 1 aliphatic heterocycles. The molecule has 11 rings (SSSR count). The van der Waals surface area contributed by atoms with E-state index in [1.54, 1.807) is 75.3 Å². The van der Waals surface area contributed by atoms with Gasteiger partial charge < -0.3 is 29.5 Å². The van der Waals surface area contributed by atoms with Crippen LogP contribution in [0, 0.1) is 28.6 Å². The number of hydrogen-bond donors (Lipinski definition) is 3. The largest absolute Gasteiger partial charge is 0.390 e. The number of piperidine rings is 1. The van der Waals surface area contributed by atoms with Gasteiger partial charge in [0.05, 0.1) is 25.6 Å². The van der Waals surface area contributed by atoms with Crippen molar-refractivity contribution < 1.29 is 34.0 Å². The average Bonchev–Trinajstić information content (AvgIpc) is 3.99. The van der Waals surface area contributed by atoms with Gasteiger partial charge in [0.25, 0.3) is 0 Å². The highest BCUT2D eigenvalue weighted by Gasteiger charge is 2.75. The van der Waals surface area contributed by atoms with Crippen molar-refractivity contribution in [2.75, 3.05) is 26.7 Å². The van der Waals surface area contributed by atoms with E-state index < -0.39 is 52.4 Å². The number of aliphatic hydroxyl groups excluding tert-OH is 2. The Hall–Kier alpha value is -4.72. The van der Waals surface area contributed by atoms with Crippen molar-refractivity contribution >= 4 is 75.7 Å². The molecule has 2 heterocycles. The van der Waals surface area contributed by atoms with Crippen LogP contribution in [0.15, 0.2) is 133 Å². The van der Waals surface area contributed by atoms with Crippen LogP contribution in [-0.2, 0) is 27.5 Å². The molecule has 3 saturated carbocycles. The number of ether oxygens (including phenoxy) is 1. The van der Waals surface area contributed by atoms with Gasteiger partial charge in [-0.3, -0.25) is 9.59 Å². The minimum atomic E-state index is -1.98. The van der Waals surface area contributed by atoms with Crippen molar-refractivity contribution in [3.05, 3.63) is 186 Å². The molecule has 5 aliphatic carbocycles. The zero-order valence-corrected chi connectivity index (χ0v) is 45.7. The van der Waals surface area contributed by atoms with Crippen molar-refractivity contribution in [3.63, 3.8) is 0 Å². The number of carbonyl (C=O) groups excluding carboxylic acids is 2. The third-order valence-electron chi connectivity index (χ3n) is 17.4. The molecule has 9 nitrogen and oxygen atoms in total. The highest BCUT2D eigenvalue weighted by molar-refractivity contribution is 6.36. The number of Topliss-reactive ketones (excluding diaryl/α,β-unsaturated/α-hetero) is 1. The minimum absolute atomic E-state index is 0.0676. The molecule has 6 aliphatic rings. The van der Waals surface area contributed by atoms with E-state index in [2.05, 4.69) is 77.6 Å². The van der Waals surface area contributed by atoms with Gasteiger partial charge in [0.2, 0.25) is 0 Å². The number of fused-ring (bicyclic) bond motifs is 7. The van der Waals surface area contributed by atoms with E-state index in [0.717, 1.165) is 24.2 Å². The second kappa shape index (κ2) is 22.3. The lowest BCUT2D eigenvalue weighted by Crippen LogP contribution is -2.69. The molecule has 1 aromatic heterocycles. The van der Waals surface area contributed by atoms with Crippen molar-refractivity contribution in [1.29, 1.82) is 0 Å². The number of nitrogens with zero attached hydrogens (tertiary/aromatic N) is 3.